The summed E-state index contributed by atoms with van der Waals surface area (Å²) in [6.07, 6.45) is 0. The Kier molecular flexibility index (Phi) is 7.27. The lowest BCUT2D eigenvalue weighted by molar-refractivity contribution is -0.113. The van der Waals surface area contributed by atoms with Crippen molar-refractivity contribution in [2.24, 2.45) is 0 Å². The lowest BCUT2D eigenvalue weighted by Gasteiger charge is -2.09. The van der Waals surface area contributed by atoms with Gasteiger partial charge in [0.15, 0.2) is 9.35 Å². The summed E-state index contributed by atoms with van der Waals surface area (Å²) in [5.41, 5.74) is 1.42. The molecule has 0 radical (unpaired) electrons. The van der Waals surface area contributed by atoms with Gasteiger partial charge in [-0.2, -0.15) is 0 Å². The van der Waals surface area contributed by atoms with E-state index in [-0.39, 0.29) is 29.7 Å². The monoisotopic (exact) mass is 499 g/mol. The van der Waals surface area contributed by atoms with E-state index >= 15 is 0 Å². The quantitative estimate of drug-likeness (QED) is 0.209. The normalized spacial score (nSPS) is 10.7. The molecule has 9 nitrogen and oxygen atoms in total. The molecule has 0 atom stereocenters. The largest absolute Gasteiger partial charge is 0.462 e. The summed E-state index contributed by atoms with van der Waals surface area (Å²) in [5.74, 6) is -1.12. The summed E-state index contributed by atoms with van der Waals surface area (Å²) >= 11 is 3.62. The Bertz CT molecular complexity index is 1290. The van der Waals surface area contributed by atoms with Crippen molar-refractivity contribution in [3.63, 3.8) is 0 Å². The number of fused-ring (bicyclic) bond motifs is 1. The van der Waals surface area contributed by atoms with Crippen LogP contribution >= 0.6 is 34.4 Å². The number of rotatable bonds is 8. The molecular weight excluding hydrogens is 482 g/mol. The van der Waals surface area contributed by atoms with Crippen molar-refractivity contribution >= 4 is 73.3 Å². The minimum atomic E-state index is -0.501. The maximum absolute atomic E-state index is 12.5. The van der Waals surface area contributed by atoms with Gasteiger partial charge in [-0.1, -0.05) is 47.4 Å². The van der Waals surface area contributed by atoms with E-state index < -0.39 is 5.97 Å². The Balaban J connectivity index is 1.32. The maximum Gasteiger partial charge on any atom is 0.340 e. The van der Waals surface area contributed by atoms with Crippen LogP contribution in [0.25, 0.3) is 10.2 Å². The number of ether oxygens (including phenoxy) is 1. The predicted molar refractivity (Wildman–Crippen MR) is 129 cm³/mol. The van der Waals surface area contributed by atoms with Crippen LogP contribution in [0.15, 0.2) is 52.9 Å². The molecule has 4 rings (SSSR count). The number of para-hydroxylation sites is 2. The van der Waals surface area contributed by atoms with Gasteiger partial charge in [-0.05, 0) is 31.2 Å². The summed E-state index contributed by atoms with van der Waals surface area (Å²) in [6.45, 7) is 1.96. The number of amides is 2. The lowest BCUT2D eigenvalue weighted by atomic mass is 10.2. The molecule has 0 spiro atoms. The number of carbonyl (C=O) groups excluding carboxylic acids is 3. The van der Waals surface area contributed by atoms with Crippen LogP contribution in [0.1, 0.15) is 27.1 Å². The number of carbonyl (C=O) groups is 3. The van der Waals surface area contributed by atoms with E-state index in [9.17, 15) is 14.4 Å². The first-order valence-corrected chi connectivity index (χ1v) is 12.3. The molecule has 0 aliphatic heterocycles. The molecule has 0 aliphatic rings. The van der Waals surface area contributed by atoms with E-state index in [0.717, 1.165) is 21.6 Å². The first kappa shape index (κ1) is 22.8. The van der Waals surface area contributed by atoms with Crippen LogP contribution in [-0.2, 0) is 9.53 Å². The highest BCUT2D eigenvalue weighted by molar-refractivity contribution is 8.01. The van der Waals surface area contributed by atoms with Gasteiger partial charge >= 0.3 is 5.97 Å². The average molecular weight is 500 g/mol. The molecule has 4 aromatic rings. The van der Waals surface area contributed by atoms with Crippen LogP contribution in [0, 0.1) is 0 Å². The first-order chi connectivity index (χ1) is 16.0. The van der Waals surface area contributed by atoms with Crippen molar-refractivity contribution in [3.8, 4) is 0 Å². The molecule has 2 amide bonds. The minimum absolute atomic E-state index is 0.0532. The van der Waals surface area contributed by atoms with Gasteiger partial charge in [0.25, 0.3) is 5.91 Å². The van der Waals surface area contributed by atoms with Gasteiger partial charge in [0.2, 0.25) is 11.0 Å². The van der Waals surface area contributed by atoms with Gasteiger partial charge in [0.1, 0.15) is 0 Å². The number of benzene rings is 2. The highest BCUT2D eigenvalue weighted by Crippen LogP contribution is 2.27. The molecule has 0 fully saturated rings. The number of esters is 1. The number of thioether (sulfide) groups is 1. The minimum Gasteiger partial charge on any atom is -0.462 e. The van der Waals surface area contributed by atoms with E-state index in [1.54, 1.807) is 31.2 Å². The standard InChI is InChI=1S/C21H17N5O4S3/c1-2-30-19(29)12-7-3-4-8-13(12)22-16(27)11-31-21-26-25-20(33-21)24-17(28)18-23-14-9-5-6-10-15(14)32-18/h3-10H,2,11H2,1H3,(H,22,27)(H,24,25,28). The Morgan fingerprint density at radius 3 is 2.61 bits per heavy atom. The summed E-state index contributed by atoms with van der Waals surface area (Å²) < 4.78 is 6.45. The van der Waals surface area contributed by atoms with Crippen molar-refractivity contribution < 1.29 is 19.1 Å². The highest BCUT2D eigenvalue weighted by Gasteiger charge is 2.17. The van der Waals surface area contributed by atoms with Gasteiger partial charge in [-0.3, -0.25) is 14.9 Å². The van der Waals surface area contributed by atoms with Crippen molar-refractivity contribution in [1.82, 2.24) is 15.2 Å². The molecule has 0 saturated carbocycles. The number of nitrogens with zero attached hydrogens (tertiary/aromatic N) is 3. The Morgan fingerprint density at radius 1 is 1.00 bits per heavy atom. The fourth-order valence-electron chi connectivity index (χ4n) is 2.73. The van der Waals surface area contributed by atoms with Crippen LogP contribution in [0.2, 0.25) is 0 Å². The zero-order valence-corrected chi connectivity index (χ0v) is 19.7. The second kappa shape index (κ2) is 10.5. The number of anilines is 2. The smallest absolute Gasteiger partial charge is 0.340 e. The lowest BCUT2D eigenvalue weighted by Crippen LogP contribution is -2.17. The van der Waals surface area contributed by atoms with E-state index in [1.165, 1.54) is 23.1 Å². The van der Waals surface area contributed by atoms with E-state index in [2.05, 4.69) is 25.8 Å². The van der Waals surface area contributed by atoms with Crippen molar-refractivity contribution in [1.29, 1.82) is 0 Å². The fourth-order valence-corrected chi connectivity index (χ4v) is 5.14. The SMILES string of the molecule is CCOC(=O)c1ccccc1NC(=O)CSc1nnc(NC(=O)c2nc3ccccc3s2)s1. The number of thiazole rings is 1. The summed E-state index contributed by atoms with van der Waals surface area (Å²) in [6, 6.07) is 14.1. The third kappa shape index (κ3) is 5.72. The van der Waals surface area contributed by atoms with Crippen LogP contribution in [0.3, 0.4) is 0 Å². The molecule has 33 heavy (non-hydrogen) atoms. The number of nitrogens with one attached hydrogen (secondary N) is 2. The summed E-state index contributed by atoms with van der Waals surface area (Å²) in [5, 5.41) is 14.0. The van der Waals surface area contributed by atoms with Crippen molar-refractivity contribution in [2.75, 3.05) is 23.0 Å². The average Bonchev–Trinajstić information content (AvgIpc) is 3.45. The van der Waals surface area contributed by atoms with E-state index in [0.29, 0.717) is 20.2 Å². The highest BCUT2D eigenvalue weighted by atomic mass is 32.2. The van der Waals surface area contributed by atoms with E-state index in [4.69, 9.17) is 4.74 Å². The predicted octanol–water partition coefficient (Wildman–Crippen LogP) is 4.31. The third-order valence-corrected chi connectivity index (χ3v) is 7.15. The number of hydrogen-bond acceptors (Lipinski definition) is 10. The number of aromatic nitrogens is 3. The molecule has 12 heteroatoms. The van der Waals surface area contributed by atoms with Crippen LogP contribution in [0.4, 0.5) is 10.8 Å². The van der Waals surface area contributed by atoms with Gasteiger partial charge in [0, 0.05) is 0 Å². The summed E-state index contributed by atoms with van der Waals surface area (Å²) in [4.78, 5) is 41.2. The van der Waals surface area contributed by atoms with Crippen molar-refractivity contribution in [2.45, 2.75) is 11.3 Å². The summed E-state index contributed by atoms with van der Waals surface area (Å²) in [7, 11) is 0. The number of hydrogen-bond donors (Lipinski definition) is 2. The van der Waals surface area contributed by atoms with Gasteiger partial charge in [0.05, 0.1) is 33.8 Å². The second-order valence-electron chi connectivity index (χ2n) is 6.42. The third-order valence-electron chi connectivity index (χ3n) is 4.14. The molecule has 2 aromatic heterocycles. The van der Waals surface area contributed by atoms with Gasteiger partial charge < -0.3 is 10.1 Å². The zero-order valence-electron chi connectivity index (χ0n) is 17.2. The van der Waals surface area contributed by atoms with E-state index in [1.807, 2.05) is 24.3 Å². The van der Waals surface area contributed by atoms with Gasteiger partial charge in [-0.15, -0.1) is 21.5 Å². The van der Waals surface area contributed by atoms with Crippen molar-refractivity contribution in [3.05, 3.63) is 59.1 Å². The Hall–Kier alpha value is -3.35. The van der Waals surface area contributed by atoms with Gasteiger partial charge in [-0.25, -0.2) is 9.78 Å². The molecule has 2 N–H and O–H groups in total. The molecule has 0 unspecified atom stereocenters. The van der Waals surface area contributed by atoms with Crippen LogP contribution in [-0.4, -0.2) is 45.3 Å². The van der Waals surface area contributed by atoms with Crippen LogP contribution in [0.5, 0.6) is 0 Å². The molecule has 0 bridgehead atoms. The molecule has 2 heterocycles. The molecule has 0 saturated heterocycles. The Labute approximate surface area is 200 Å². The molecular formula is C21H17N5O4S3. The Morgan fingerprint density at radius 2 is 1.79 bits per heavy atom. The molecule has 0 aliphatic carbocycles. The second-order valence-corrected chi connectivity index (χ2v) is 9.65. The first-order valence-electron chi connectivity index (χ1n) is 9.72. The topological polar surface area (TPSA) is 123 Å². The fraction of sp³-hybridized carbons (Fsp3) is 0.143. The zero-order chi connectivity index (χ0) is 23.2. The van der Waals surface area contributed by atoms with Crippen LogP contribution < -0.4 is 10.6 Å². The molecule has 168 valence electrons. The maximum atomic E-state index is 12.5. The molecule has 2 aromatic carbocycles.